The monoisotopic (exact) mass is 1330 g/mol. The number of aliphatic imine (C=N–C) groups is 1. The highest BCUT2D eigenvalue weighted by Crippen LogP contribution is 2.27. The number of guanidine groups is 1. The van der Waals surface area contributed by atoms with E-state index in [9.17, 15) is 68.4 Å². The van der Waals surface area contributed by atoms with Crippen molar-refractivity contribution < 1.29 is 68.4 Å². The van der Waals surface area contributed by atoms with Crippen molar-refractivity contribution in [3.8, 4) is 5.75 Å². The predicted octanol–water partition coefficient (Wildman–Crippen LogP) is -1.56. The van der Waals surface area contributed by atoms with Crippen LogP contribution < -0.4 is 59.3 Å². The lowest BCUT2D eigenvalue weighted by Crippen LogP contribution is -2.57. The first-order valence-corrected chi connectivity index (χ1v) is 32.4. The Hall–Kier alpha value is -8.85. The van der Waals surface area contributed by atoms with Gasteiger partial charge in [0.2, 0.25) is 29.5 Å². The number of amides is 7. The molecule has 2 saturated heterocycles. The molecule has 0 saturated carbocycles. The van der Waals surface area contributed by atoms with Gasteiger partial charge in [-0.2, -0.15) is 4.99 Å². The second-order valence-electron chi connectivity index (χ2n) is 23.4. The van der Waals surface area contributed by atoms with E-state index in [-0.39, 0.29) is 147 Å². The zero-order chi connectivity index (χ0) is 68.9. The summed E-state index contributed by atoms with van der Waals surface area (Å²) in [6.45, 7) is 6.26. The number of anilines is 1. The van der Waals surface area contributed by atoms with E-state index in [1.807, 2.05) is 64.4 Å². The molecular weight excluding hydrogens is 1230 g/mol. The van der Waals surface area contributed by atoms with E-state index in [4.69, 9.17) is 11.5 Å². The molecule has 2 aliphatic rings. The van der Waals surface area contributed by atoms with Gasteiger partial charge in [0.05, 0.1) is 38.1 Å². The van der Waals surface area contributed by atoms with E-state index < -0.39 is 59.9 Å². The van der Waals surface area contributed by atoms with Crippen LogP contribution in [-0.4, -0.2) is 266 Å². The summed E-state index contributed by atoms with van der Waals surface area (Å²) in [5.41, 5.74) is 15.0. The number of hydrogen-bond acceptors (Lipinski definition) is 19. The molecule has 95 heavy (non-hydrogen) atoms. The molecule has 5 rings (SSSR count). The number of urea groups is 1. The molecule has 1 unspecified atom stereocenters. The van der Waals surface area contributed by atoms with E-state index in [0.717, 1.165) is 17.5 Å². The van der Waals surface area contributed by atoms with Gasteiger partial charge in [0.25, 0.3) is 0 Å². The Morgan fingerprint density at radius 3 is 1.69 bits per heavy atom. The molecule has 2 heterocycles. The van der Waals surface area contributed by atoms with Crippen LogP contribution in [0.25, 0.3) is 0 Å². The highest BCUT2D eigenvalue weighted by Gasteiger charge is 2.30. The molecule has 0 aromatic heterocycles. The van der Waals surface area contributed by atoms with Crippen molar-refractivity contribution in [3.63, 3.8) is 0 Å². The maximum absolute atomic E-state index is 14.4. The number of benzene rings is 3. The Balaban J connectivity index is 1.02. The normalized spacial score (nSPS) is 16.4. The van der Waals surface area contributed by atoms with Gasteiger partial charge in [-0.05, 0) is 85.9 Å². The molecule has 7 amide bonds. The molecule has 3 aromatic carbocycles. The fraction of sp³-hybridized carbons (Fsp3) is 0.547. The quantitative estimate of drug-likeness (QED) is 0.0134. The van der Waals surface area contributed by atoms with Crippen LogP contribution in [-0.2, 0) is 49.7 Å². The van der Waals surface area contributed by atoms with Crippen LogP contribution in [0.3, 0.4) is 0 Å². The van der Waals surface area contributed by atoms with Crippen molar-refractivity contribution in [1.82, 2.24) is 67.0 Å². The van der Waals surface area contributed by atoms with Gasteiger partial charge < -0.3 is 79.2 Å². The van der Waals surface area contributed by atoms with Crippen molar-refractivity contribution in [1.29, 1.82) is 0 Å². The van der Waals surface area contributed by atoms with Gasteiger partial charge in [0.15, 0.2) is 12.2 Å². The molecule has 17 N–H and O–H groups in total. The van der Waals surface area contributed by atoms with Crippen LogP contribution in [0.1, 0.15) is 80.9 Å². The van der Waals surface area contributed by atoms with Gasteiger partial charge in [0.1, 0.15) is 18.0 Å². The number of piperidine rings is 1. The summed E-state index contributed by atoms with van der Waals surface area (Å²) in [5.74, 6) is -5.51. The number of carbonyl (C=O) groups excluding carboxylic acids is 7. The highest BCUT2D eigenvalue weighted by molar-refractivity contribution is 5.93. The number of nitrogens with zero attached hydrogens (tertiary/aromatic N) is 6. The molecule has 0 bridgehead atoms. The van der Waals surface area contributed by atoms with Crippen LogP contribution in [0.15, 0.2) is 83.9 Å². The molecular formula is C64H97N17O14. The summed E-state index contributed by atoms with van der Waals surface area (Å²) in [6, 6.07) is 20.3. The SMILES string of the molecule is CCC(=O)NCCNC(=O)/N=C(/N)NCCC[C@@H](NC(=O)[C@@H](c1ccccc1)c1ccc(NCCCNC(=O)[C@H](N)CCCNC(=O)CN2CCC(NC(C=O)N3CCN(CC(=O)O)CCN(CC(=O)O)CCN(CC(=O)O)CC3)CC2)cc1)C(=O)NCc1ccc(O)cc1. The molecule has 2 fully saturated rings. The number of likely N-dealkylation sites (tertiary alicyclic amines) is 1. The van der Waals surface area contributed by atoms with Crippen LogP contribution >= 0.6 is 0 Å². The second kappa shape index (κ2) is 42.5. The molecule has 0 radical (unpaired) electrons. The number of carboxylic acid groups (broad SMARTS) is 3. The summed E-state index contributed by atoms with van der Waals surface area (Å²) >= 11 is 0. The minimum Gasteiger partial charge on any atom is -0.508 e. The summed E-state index contributed by atoms with van der Waals surface area (Å²) in [7, 11) is 0. The minimum atomic E-state index is -1.05. The molecule has 31 nitrogen and oxygen atoms in total. The van der Waals surface area contributed by atoms with E-state index in [0.29, 0.717) is 88.8 Å². The molecule has 31 heteroatoms. The van der Waals surface area contributed by atoms with Gasteiger partial charge in [-0.25, -0.2) is 4.79 Å². The second-order valence-corrected chi connectivity index (χ2v) is 23.4. The molecule has 0 aliphatic carbocycles. The number of nitrogens with two attached hydrogens (primary N) is 2. The Kier molecular flexibility index (Phi) is 34.4. The topological polar surface area (TPSA) is 440 Å². The largest absolute Gasteiger partial charge is 0.508 e. The van der Waals surface area contributed by atoms with Crippen molar-refractivity contribution in [2.24, 2.45) is 16.5 Å². The summed E-state index contributed by atoms with van der Waals surface area (Å²) in [4.78, 5) is 138. The predicted molar refractivity (Wildman–Crippen MR) is 355 cm³/mol. The number of aliphatic carboxylic acids is 3. The number of hydrogen-bond donors (Lipinski definition) is 15. The van der Waals surface area contributed by atoms with Gasteiger partial charge in [-0.1, -0.05) is 61.5 Å². The molecule has 2 aliphatic heterocycles. The van der Waals surface area contributed by atoms with Crippen molar-refractivity contribution in [2.75, 3.05) is 136 Å². The lowest BCUT2D eigenvalue weighted by molar-refractivity contribution is -0.140. The van der Waals surface area contributed by atoms with E-state index in [1.165, 1.54) is 12.1 Å². The first kappa shape index (κ1) is 76.9. The van der Waals surface area contributed by atoms with Gasteiger partial charge in [-0.3, -0.25) is 68.2 Å². The molecule has 522 valence electrons. The highest BCUT2D eigenvalue weighted by atomic mass is 16.4. The third kappa shape index (κ3) is 30.4. The third-order valence-corrected chi connectivity index (χ3v) is 16.1. The average Bonchev–Trinajstić information content (AvgIpc) is 0.850. The number of carboxylic acids is 3. The number of aromatic hydroxyl groups is 1. The maximum Gasteiger partial charge on any atom is 0.344 e. The summed E-state index contributed by atoms with van der Waals surface area (Å²) in [6.07, 6.45) is 3.53. The van der Waals surface area contributed by atoms with Crippen LogP contribution in [0, 0.1) is 0 Å². The summed E-state index contributed by atoms with van der Waals surface area (Å²) < 4.78 is 0. The number of rotatable bonds is 37. The third-order valence-electron chi connectivity index (χ3n) is 16.1. The minimum absolute atomic E-state index is 0.0751. The Morgan fingerprint density at radius 1 is 0.568 bits per heavy atom. The average molecular weight is 1330 g/mol. The first-order chi connectivity index (χ1) is 45.7. The van der Waals surface area contributed by atoms with Crippen molar-refractivity contribution in [3.05, 3.63) is 95.6 Å². The maximum atomic E-state index is 14.4. The zero-order valence-corrected chi connectivity index (χ0v) is 54.2. The van der Waals surface area contributed by atoms with E-state index in [1.54, 1.807) is 33.8 Å². The standard InChI is InChI=1S/C64H97N17O14/c1-2-54(84)69-27-28-72-64(95)76-63(66)71-24-7-12-52(61(93)73-39-45-13-19-50(83)20-14-45)75-62(94)59(46-9-4-3-5-10-46)47-15-17-48(18-16-47)67-25-8-26-70-60(92)51(65)11-6-23-68-55(85)40-77-29-21-49(22-30-77)74-53(44-82)81-37-35-79(42-57(88)89)33-31-78(41-56(86)87)32-34-80(36-38-81)43-58(90)91/h3-5,9-10,13-20,44,49,51-53,59,67,74,83H,2,6-8,11-12,21-43,65H2,1H3,(H,68,85)(H,69,84)(H,70,92)(H,73,93)(H,75,94)(H,86,87)(H,88,89)(H,90,91)(H4,66,71,72,76,95)/t51-,52-,53?,59+/m1/s1. The molecule has 0 spiro atoms. The number of nitrogens with one attached hydrogen (secondary N) is 9. The number of phenols is 1. The van der Waals surface area contributed by atoms with Gasteiger partial charge in [0, 0.05) is 129 Å². The van der Waals surface area contributed by atoms with Crippen LogP contribution in [0.4, 0.5) is 10.5 Å². The van der Waals surface area contributed by atoms with Crippen LogP contribution in [0.5, 0.6) is 5.75 Å². The lowest BCUT2D eigenvalue weighted by Gasteiger charge is -2.38. The Morgan fingerprint density at radius 2 is 1.11 bits per heavy atom. The van der Waals surface area contributed by atoms with Crippen molar-refractivity contribution >= 4 is 71.4 Å². The van der Waals surface area contributed by atoms with Crippen LogP contribution in [0.2, 0.25) is 0 Å². The van der Waals surface area contributed by atoms with E-state index >= 15 is 0 Å². The Labute approximate surface area is 553 Å². The number of aldehydes is 1. The molecule has 3 aromatic rings. The summed E-state index contributed by atoms with van der Waals surface area (Å²) in [5, 5.41) is 64.9. The zero-order valence-electron chi connectivity index (χ0n) is 54.2. The van der Waals surface area contributed by atoms with Crippen molar-refractivity contribution in [2.45, 2.75) is 95.0 Å². The lowest BCUT2D eigenvalue weighted by atomic mass is 9.90. The smallest absolute Gasteiger partial charge is 0.344 e. The Bertz CT molecular complexity index is 2910. The van der Waals surface area contributed by atoms with Gasteiger partial charge in [-0.15, -0.1) is 0 Å². The van der Waals surface area contributed by atoms with Gasteiger partial charge >= 0.3 is 23.9 Å². The fourth-order valence-corrected chi connectivity index (χ4v) is 10.8. The first-order valence-electron chi connectivity index (χ1n) is 32.4. The molecule has 4 atom stereocenters. The number of phenolic OH excluding ortho intramolecular Hbond substituents is 1. The van der Waals surface area contributed by atoms with E-state index in [2.05, 4.69) is 52.8 Å². The fourth-order valence-electron chi connectivity index (χ4n) is 10.8. The number of carbonyl (C=O) groups is 10.